The van der Waals surface area contributed by atoms with Crippen molar-refractivity contribution in [1.82, 2.24) is 15.3 Å². The Morgan fingerprint density at radius 3 is 2.79 bits per heavy atom. The van der Waals surface area contributed by atoms with E-state index in [1.807, 2.05) is 0 Å². The van der Waals surface area contributed by atoms with Crippen LogP contribution in [0.3, 0.4) is 0 Å². The zero-order valence-corrected chi connectivity index (χ0v) is 17.6. The monoisotopic (exact) mass is 399 g/mol. The van der Waals surface area contributed by atoms with E-state index in [1.54, 1.807) is 0 Å². The number of aliphatic carboxylic acids is 1. The van der Waals surface area contributed by atoms with E-state index in [2.05, 4.69) is 49.1 Å². The number of nitrogens with zero attached hydrogens (tertiary/aromatic N) is 3. The topological polar surface area (TPSA) is 102 Å². The van der Waals surface area contributed by atoms with Crippen LogP contribution >= 0.6 is 0 Å². The van der Waals surface area contributed by atoms with Crippen LogP contribution in [0.5, 0.6) is 0 Å². The van der Waals surface area contributed by atoms with Gasteiger partial charge < -0.3 is 14.2 Å². The second-order valence-electron chi connectivity index (χ2n) is 9.53. The maximum atomic E-state index is 10.9. The Bertz CT molecular complexity index is 940. The van der Waals surface area contributed by atoms with Gasteiger partial charge in [0.1, 0.15) is 5.76 Å². The molecule has 1 N–H and O–H groups in total. The first-order chi connectivity index (χ1) is 13.7. The normalized spacial score (nSPS) is 26.1. The minimum atomic E-state index is -0.735. The van der Waals surface area contributed by atoms with E-state index < -0.39 is 5.97 Å². The van der Waals surface area contributed by atoms with Gasteiger partial charge in [0.25, 0.3) is 5.89 Å². The van der Waals surface area contributed by atoms with Gasteiger partial charge in [0.05, 0.1) is 0 Å². The summed E-state index contributed by atoms with van der Waals surface area (Å²) in [5.74, 6) is 2.21. The highest BCUT2D eigenvalue weighted by Gasteiger charge is 2.34. The van der Waals surface area contributed by atoms with Crippen LogP contribution < -0.4 is 0 Å². The fourth-order valence-corrected chi connectivity index (χ4v) is 4.87. The zero-order valence-electron chi connectivity index (χ0n) is 17.6. The summed E-state index contributed by atoms with van der Waals surface area (Å²) in [6.07, 6.45) is 6.74. The Morgan fingerprint density at radius 2 is 2.07 bits per heavy atom. The second-order valence-corrected chi connectivity index (χ2v) is 9.53. The Kier molecular flexibility index (Phi) is 5.09. The van der Waals surface area contributed by atoms with Crippen LogP contribution in [-0.4, -0.2) is 26.4 Å². The zero-order chi connectivity index (χ0) is 20.8. The SMILES string of the molecule is CC1C=C(c2noc(-c3noc4c3CCC(C)(C)C4)n2)CC(C)C1CCC(=O)O. The van der Waals surface area contributed by atoms with Crippen LogP contribution in [0.15, 0.2) is 15.1 Å². The minimum absolute atomic E-state index is 0.211. The third-order valence-electron chi connectivity index (χ3n) is 6.58. The number of allylic oxidation sites excluding steroid dienone is 2. The molecule has 0 aliphatic heterocycles. The van der Waals surface area contributed by atoms with Gasteiger partial charge in [0, 0.05) is 18.4 Å². The molecule has 29 heavy (non-hydrogen) atoms. The van der Waals surface area contributed by atoms with Gasteiger partial charge in [-0.2, -0.15) is 4.98 Å². The predicted octanol–water partition coefficient (Wildman–Crippen LogP) is 4.78. The van der Waals surface area contributed by atoms with Gasteiger partial charge in [-0.15, -0.1) is 0 Å². The van der Waals surface area contributed by atoms with Crippen molar-refractivity contribution in [2.45, 2.75) is 66.2 Å². The Labute approximate surface area is 170 Å². The maximum absolute atomic E-state index is 10.9. The van der Waals surface area contributed by atoms with Gasteiger partial charge in [0.2, 0.25) is 0 Å². The van der Waals surface area contributed by atoms with E-state index in [0.29, 0.717) is 35.7 Å². The van der Waals surface area contributed by atoms with Gasteiger partial charge >= 0.3 is 5.97 Å². The lowest BCUT2D eigenvalue weighted by Crippen LogP contribution is -2.24. The van der Waals surface area contributed by atoms with E-state index in [9.17, 15) is 4.79 Å². The van der Waals surface area contributed by atoms with Crippen molar-refractivity contribution in [2.75, 3.05) is 0 Å². The molecule has 0 amide bonds. The molecule has 156 valence electrons. The molecule has 7 heteroatoms. The van der Waals surface area contributed by atoms with Crippen molar-refractivity contribution in [2.24, 2.45) is 23.2 Å². The van der Waals surface area contributed by atoms with E-state index in [-0.39, 0.29) is 17.8 Å². The summed E-state index contributed by atoms with van der Waals surface area (Å²) in [6, 6.07) is 0. The van der Waals surface area contributed by atoms with Crippen molar-refractivity contribution < 1.29 is 18.9 Å². The number of carboxylic acids is 1. The van der Waals surface area contributed by atoms with E-state index in [1.165, 1.54) is 0 Å². The molecule has 0 aromatic carbocycles. The third kappa shape index (κ3) is 4.00. The van der Waals surface area contributed by atoms with Crippen molar-refractivity contribution in [3.63, 3.8) is 0 Å². The molecule has 0 bridgehead atoms. The summed E-state index contributed by atoms with van der Waals surface area (Å²) in [5, 5.41) is 17.4. The molecule has 3 unspecified atom stereocenters. The van der Waals surface area contributed by atoms with Crippen molar-refractivity contribution >= 4 is 11.5 Å². The van der Waals surface area contributed by atoms with Crippen LogP contribution in [0, 0.1) is 23.2 Å². The second kappa shape index (κ2) is 7.43. The number of fused-ring (bicyclic) bond motifs is 1. The first-order valence-electron chi connectivity index (χ1n) is 10.5. The highest BCUT2D eigenvalue weighted by molar-refractivity contribution is 5.67. The van der Waals surface area contributed by atoms with E-state index >= 15 is 0 Å². The highest BCUT2D eigenvalue weighted by atomic mass is 16.5. The van der Waals surface area contributed by atoms with Crippen LogP contribution in [0.2, 0.25) is 0 Å². The summed E-state index contributed by atoms with van der Waals surface area (Å²) in [7, 11) is 0. The highest BCUT2D eigenvalue weighted by Crippen LogP contribution is 2.41. The molecule has 0 fully saturated rings. The number of hydrogen-bond donors (Lipinski definition) is 1. The molecule has 2 aliphatic carbocycles. The van der Waals surface area contributed by atoms with Crippen molar-refractivity contribution in [3.05, 3.63) is 23.2 Å². The Hall–Kier alpha value is -2.44. The Morgan fingerprint density at radius 1 is 1.28 bits per heavy atom. The molecule has 2 aromatic heterocycles. The first-order valence-corrected chi connectivity index (χ1v) is 10.5. The molecule has 3 atom stereocenters. The van der Waals surface area contributed by atoms with Crippen LogP contribution in [0.1, 0.15) is 70.5 Å². The third-order valence-corrected chi connectivity index (χ3v) is 6.58. The number of rotatable bonds is 5. The summed E-state index contributed by atoms with van der Waals surface area (Å²) in [4.78, 5) is 15.6. The molecule has 2 aromatic rings. The molecule has 0 saturated carbocycles. The van der Waals surface area contributed by atoms with Crippen LogP contribution in [-0.2, 0) is 17.6 Å². The molecule has 2 aliphatic rings. The number of carbonyl (C=O) groups is 1. The number of carboxylic acid groups (broad SMARTS) is 1. The fraction of sp³-hybridized carbons (Fsp3) is 0.636. The van der Waals surface area contributed by atoms with Crippen LogP contribution in [0.4, 0.5) is 0 Å². The van der Waals surface area contributed by atoms with E-state index in [0.717, 1.165) is 42.6 Å². The molecular formula is C22H29N3O4. The summed E-state index contributed by atoms with van der Waals surface area (Å²) < 4.78 is 11.1. The predicted molar refractivity (Wildman–Crippen MR) is 107 cm³/mol. The molecular weight excluding hydrogens is 370 g/mol. The fourth-order valence-electron chi connectivity index (χ4n) is 4.87. The van der Waals surface area contributed by atoms with Crippen molar-refractivity contribution in [1.29, 1.82) is 0 Å². The minimum Gasteiger partial charge on any atom is -0.481 e. The first kappa shape index (κ1) is 19.9. The number of hydrogen-bond acceptors (Lipinski definition) is 6. The number of aromatic nitrogens is 3. The standard InChI is InChI=1S/C22H29N3O4/c1-12-9-14(10-13(2)15(12)5-6-18(26)27)20-23-21(29-25-20)19-16-7-8-22(3,4)11-17(16)28-24-19/h9,12-13,15H,5-8,10-11H2,1-4H3,(H,26,27). The lowest BCUT2D eigenvalue weighted by atomic mass is 9.72. The summed E-state index contributed by atoms with van der Waals surface area (Å²) in [5.41, 5.74) is 3.05. The van der Waals surface area contributed by atoms with Gasteiger partial charge in [-0.25, -0.2) is 0 Å². The molecule has 7 nitrogen and oxygen atoms in total. The average molecular weight is 399 g/mol. The molecule has 0 spiro atoms. The average Bonchev–Trinajstić information content (AvgIpc) is 3.26. The summed E-state index contributed by atoms with van der Waals surface area (Å²) >= 11 is 0. The van der Waals surface area contributed by atoms with Gasteiger partial charge in [0.15, 0.2) is 11.5 Å². The van der Waals surface area contributed by atoms with Gasteiger partial charge in [-0.05, 0) is 54.4 Å². The van der Waals surface area contributed by atoms with Gasteiger partial charge in [-0.3, -0.25) is 4.79 Å². The lowest BCUT2D eigenvalue weighted by Gasteiger charge is -2.32. The van der Waals surface area contributed by atoms with Gasteiger partial charge in [-0.1, -0.05) is 44.1 Å². The molecule has 0 saturated heterocycles. The Balaban J connectivity index is 1.54. The quantitative estimate of drug-likeness (QED) is 0.772. The van der Waals surface area contributed by atoms with Crippen molar-refractivity contribution in [3.8, 4) is 11.6 Å². The largest absolute Gasteiger partial charge is 0.481 e. The lowest BCUT2D eigenvalue weighted by molar-refractivity contribution is -0.137. The van der Waals surface area contributed by atoms with Crippen LogP contribution in [0.25, 0.3) is 17.2 Å². The molecule has 0 radical (unpaired) electrons. The maximum Gasteiger partial charge on any atom is 0.303 e. The molecule has 4 rings (SSSR count). The molecule has 2 heterocycles. The van der Waals surface area contributed by atoms with E-state index in [4.69, 9.17) is 14.2 Å². The smallest absolute Gasteiger partial charge is 0.303 e. The summed E-state index contributed by atoms with van der Waals surface area (Å²) in [6.45, 7) is 8.79.